The van der Waals surface area contributed by atoms with Gasteiger partial charge in [-0.1, -0.05) is 42.8 Å². The summed E-state index contributed by atoms with van der Waals surface area (Å²) in [5, 5.41) is 2.91. The number of nitrogens with one attached hydrogen (secondary N) is 1. The van der Waals surface area contributed by atoms with Gasteiger partial charge >= 0.3 is 0 Å². The Balaban J connectivity index is 1.41. The van der Waals surface area contributed by atoms with Gasteiger partial charge in [0, 0.05) is 31.9 Å². The molecule has 0 aromatic heterocycles. The van der Waals surface area contributed by atoms with Crippen molar-refractivity contribution in [2.45, 2.75) is 43.5 Å². The van der Waals surface area contributed by atoms with Crippen LogP contribution < -0.4 is 5.32 Å². The third-order valence-corrected chi connectivity index (χ3v) is 8.07. The third kappa shape index (κ3) is 5.73. The van der Waals surface area contributed by atoms with Crippen LogP contribution in [-0.4, -0.2) is 49.7 Å². The van der Waals surface area contributed by atoms with E-state index in [0.29, 0.717) is 24.7 Å². The number of benzene rings is 2. The first-order chi connectivity index (χ1) is 15.0. The Kier molecular flexibility index (Phi) is 7.05. The van der Waals surface area contributed by atoms with Crippen LogP contribution in [0, 0.1) is 5.92 Å². The summed E-state index contributed by atoms with van der Waals surface area (Å²) in [6, 6.07) is 16.8. The molecule has 2 aliphatic rings. The number of anilines is 1. The third-order valence-electron chi connectivity index (χ3n) is 6.18. The van der Waals surface area contributed by atoms with Crippen molar-refractivity contribution in [3.63, 3.8) is 0 Å². The van der Waals surface area contributed by atoms with Crippen LogP contribution >= 0.6 is 0 Å². The average molecular weight is 442 g/mol. The van der Waals surface area contributed by atoms with Crippen molar-refractivity contribution < 1.29 is 13.2 Å². The van der Waals surface area contributed by atoms with Crippen LogP contribution in [0.1, 0.15) is 37.7 Å². The number of sulfonamides is 1. The zero-order valence-corrected chi connectivity index (χ0v) is 18.7. The largest absolute Gasteiger partial charge is 0.325 e. The van der Waals surface area contributed by atoms with E-state index in [9.17, 15) is 13.2 Å². The summed E-state index contributed by atoms with van der Waals surface area (Å²) in [6.45, 7) is 3.05. The molecule has 6 nitrogen and oxygen atoms in total. The van der Waals surface area contributed by atoms with E-state index in [1.54, 1.807) is 24.3 Å². The van der Waals surface area contributed by atoms with E-state index in [1.165, 1.54) is 29.1 Å². The predicted molar refractivity (Wildman–Crippen MR) is 122 cm³/mol. The first-order valence-electron chi connectivity index (χ1n) is 11.2. The Morgan fingerprint density at radius 2 is 1.74 bits per heavy atom. The normalized spacial score (nSPS) is 17.6. The molecule has 0 bridgehead atoms. The molecule has 1 aliphatic carbocycles. The number of hydrogen-bond acceptors (Lipinski definition) is 4. The minimum atomic E-state index is -3.50. The van der Waals surface area contributed by atoms with Crippen LogP contribution in [-0.2, 0) is 21.4 Å². The molecule has 0 atom stereocenters. The van der Waals surface area contributed by atoms with Gasteiger partial charge in [0.2, 0.25) is 15.9 Å². The van der Waals surface area contributed by atoms with Gasteiger partial charge in [0.1, 0.15) is 0 Å². The molecule has 166 valence electrons. The summed E-state index contributed by atoms with van der Waals surface area (Å²) in [5.41, 5.74) is 1.71. The summed E-state index contributed by atoms with van der Waals surface area (Å²) in [5.74, 6) is 0.538. The van der Waals surface area contributed by atoms with E-state index in [4.69, 9.17) is 0 Å². The molecule has 1 aliphatic heterocycles. The lowest BCUT2D eigenvalue weighted by Crippen LogP contribution is -2.38. The van der Waals surface area contributed by atoms with Gasteiger partial charge in [0.25, 0.3) is 0 Å². The van der Waals surface area contributed by atoms with Crippen LogP contribution in [0.2, 0.25) is 0 Å². The molecular formula is C24H31N3O3S. The average Bonchev–Trinajstić information content (AvgIpc) is 3.27. The van der Waals surface area contributed by atoms with Crippen molar-refractivity contribution in [3.05, 3.63) is 60.2 Å². The van der Waals surface area contributed by atoms with Gasteiger partial charge in [-0.05, 0) is 55.4 Å². The smallest absolute Gasteiger partial charge is 0.243 e. The molecule has 2 aromatic rings. The Labute approximate surface area is 185 Å². The van der Waals surface area contributed by atoms with E-state index in [0.717, 1.165) is 25.9 Å². The van der Waals surface area contributed by atoms with Crippen LogP contribution in [0.15, 0.2) is 59.5 Å². The van der Waals surface area contributed by atoms with E-state index >= 15 is 0 Å². The molecule has 1 heterocycles. The van der Waals surface area contributed by atoms with Gasteiger partial charge in [0.15, 0.2) is 0 Å². The predicted octanol–water partition coefficient (Wildman–Crippen LogP) is 3.71. The van der Waals surface area contributed by atoms with E-state index in [2.05, 4.69) is 22.3 Å². The van der Waals surface area contributed by atoms with Gasteiger partial charge in [-0.3, -0.25) is 9.69 Å². The molecule has 1 amide bonds. The van der Waals surface area contributed by atoms with Crippen LogP contribution in [0.5, 0.6) is 0 Å². The number of nitrogens with zero attached hydrogens (tertiary/aromatic N) is 2. The maximum absolute atomic E-state index is 12.8. The maximum atomic E-state index is 12.8. The van der Waals surface area contributed by atoms with Crippen molar-refractivity contribution in [1.82, 2.24) is 9.21 Å². The second-order valence-electron chi connectivity index (χ2n) is 8.64. The molecule has 31 heavy (non-hydrogen) atoms. The molecule has 2 fully saturated rings. The number of amides is 1. The highest BCUT2D eigenvalue weighted by atomic mass is 32.2. The molecule has 0 radical (unpaired) electrons. The fraction of sp³-hybridized carbons (Fsp3) is 0.458. The molecule has 1 saturated carbocycles. The SMILES string of the molecule is O=C(CN(Cc1ccccc1)CC1CCC1)Nc1cccc(S(=O)(=O)N2CCCC2)c1. The van der Waals surface area contributed by atoms with Crippen LogP contribution in [0.4, 0.5) is 5.69 Å². The quantitative estimate of drug-likeness (QED) is 0.644. The highest BCUT2D eigenvalue weighted by Gasteiger charge is 2.27. The number of carbonyl (C=O) groups excluding carboxylic acids is 1. The topological polar surface area (TPSA) is 69.7 Å². The Hall–Kier alpha value is -2.22. The van der Waals surface area contributed by atoms with E-state index < -0.39 is 10.0 Å². The highest BCUT2D eigenvalue weighted by molar-refractivity contribution is 7.89. The summed E-state index contributed by atoms with van der Waals surface area (Å²) in [6.07, 6.45) is 5.52. The highest BCUT2D eigenvalue weighted by Crippen LogP contribution is 2.28. The zero-order valence-electron chi connectivity index (χ0n) is 17.9. The summed E-state index contributed by atoms with van der Waals surface area (Å²) in [7, 11) is -3.50. The molecule has 0 unspecified atom stereocenters. The van der Waals surface area contributed by atoms with Crippen molar-refractivity contribution in [2.75, 3.05) is 31.5 Å². The monoisotopic (exact) mass is 441 g/mol. The first kappa shape index (κ1) is 22.0. The molecule has 0 spiro atoms. The maximum Gasteiger partial charge on any atom is 0.243 e. The van der Waals surface area contributed by atoms with Gasteiger partial charge < -0.3 is 5.32 Å². The summed E-state index contributed by atoms with van der Waals surface area (Å²) < 4.78 is 27.2. The lowest BCUT2D eigenvalue weighted by molar-refractivity contribution is -0.117. The number of carbonyl (C=O) groups is 1. The van der Waals surface area contributed by atoms with Crippen molar-refractivity contribution in [3.8, 4) is 0 Å². The zero-order chi connectivity index (χ0) is 21.7. The fourth-order valence-electron chi connectivity index (χ4n) is 4.28. The minimum Gasteiger partial charge on any atom is -0.325 e. The molecule has 4 rings (SSSR count). The lowest BCUT2D eigenvalue weighted by atomic mass is 9.85. The van der Waals surface area contributed by atoms with Crippen LogP contribution in [0.3, 0.4) is 0 Å². The van der Waals surface area contributed by atoms with Crippen molar-refractivity contribution >= 4 is 21.6 Å². The van der Waals surface area contributed by atoms with Crippen LogP contribution in [0.25, 0.3) is 0 Å². The second-order valence-corrected chi connectivity index (χ2v) is 10.6. The number of hydrogen-bond donors (Lipinski definition) is 1. The first-order valence-corrected chi connectivity index (χ1v) is 12.6. The van der Waals surface area contributed by atoms with Gasteiger partial charge in [-0.25, -0.2) is 8.42 Å². The van der Waals surface area contributed by atoms with Gasteiger partial charge in [0.05, 0.1) is 11.4 Å². The standard InChI is InChI=1S/C24H31N3O3S/c28-24(19-26(18-21-10-6-11-21)17-20-8-2-1-3-9-20)25-22-12-7-13-23(16-22)31(29,30)27-14-4-5-15-27/h1-3,7-9,12-13,16,21H,4-6,10-11,14-15,17-19H2,(H,25,28). The number of rotatable bonds is 9. The summed E-state index contributed by atoms with van der Waals surface area (Å²) in [4.78, 5) is 15.2. The van der Waals surface area contributed by atoms with Gasteiger partial charge in [-0.2, -0.15) is 4.31 Å². The van der Waals surface area contributed by atoms with Gasteiger partial charge in [-0.15, -0.1) is 0 Å². The Morgan fingerprint density at radius 1 is 1.00 bits per heavy atom. The second kappa shape index (κ2) is 9.94. The molecule has 1 N–H and O–H groups in total. The summed E-state index contributed by atoms with van der Waals surface area (Å²) >= 11 is 0. The molecule has 7 heteroatoms. The minimum absolute atomic E-state index is 0.119. The molecule has 1 saturated heterocycles. The Bertz CT molecular complexity index is 984. The van der Waals surface area contributed by atoms with E-state index in [1.807, 2.05) is 18.2 Å². The fourth-order valence-corrected chi connectivity index (χ4v) is 5.85. The lowest BCUT2D eigenvalue weighted by Gasteiger charge is -2.32. The van der Waals surface area contributed by atoms with Crippen molar-refractivity contribution in [1.29, 1.82) is 0 Å². The van der Waals surface area contributed by atoms with E-state index in [-0.39, 0.29) is 17.3 Å². The molecule has 2 aromatic carbocycles. The van der Waals surface area contributed by atoms with Crippen molar-refractivity contribution in [2.24, 2.45) is 5.92 Å². The molecular weight excluding hydrogens is 410 g/mol. The Morgan fingerprint density at radius 3 is 2.42 bits per heavy atom.